The van der Waals surface area contributed by atoms with E-state index in [9.17, 15) is 4.79 Å². The molecular formula is C14H19Cl3N2O. The van der Waals surface area contributed by atoms with Gasteiger partial charge in [-0.1, -0.05) is 29.3 Å². The number of carbonyl (C=O) groups is 1. The van der Waals surface area contributed by atoms with Crippen LogP contribution in [0.2, 0.25) is 10.0 Å². The molecule has 0 aliphatic carbocycles. The SMILES string of the molecule is CC(NC(=O)[C@@H]1CCCNC1)c1ccc(Cl)cc1Cl.Cl. The second kappa shape index (κ2) is 8.08. The summed E-state index contributed by atoms with van der Waals surface area (Å²) >= 11 is 12.0. The summed E-state index contributed by atoms with van der Waals surface area (Å²) < 4.78 is 0. The Hall–Kier alpha value is -0.480. The lowest BCUT2D eigenvalue weighted by atomic mass is 9.98. The fourth-order valence-electron chi connectivity index (χ4n) is 2.34. The third-order valence-corrected chi connectivity index (χ3v) is 4.02. The number of piperidine rings is 1. The van der Waals surface area contributed by atoms with Gasteiger partial charge < -0.3 is 10.6 Å². The molecule has 0 spiro atoms. The van der Waals surface area contributed by atoms with E-state index in [4.69, 9.17) is 23.2 Å². The molecule has 112 valence electrons. The van der Waals surface area contributed by atoms with Crippen molar-refractivity contribution in [3.63, 3.8) is 0 Å². The predicted molar refractivity (Wildman–Crippen MR) is 85.9 cm³/mol. The number of benzene rings is 1. The second-order valence-corrected chi connectivity index (χ2v) is 5.78. The number of halogens is 3. The van der Waals surface area contributed by atoms with E-state index in [1.54, 1.807) is 12.1 Å². The third kappa shape index (κ3) is 4.52. The quantitative estimate of drug-likeness (QED) is 0.885. The van der Waals surface area contributed by atoms with Crippen molar-refractivity contribution in [2.45, 2.75) is 25.8 Å². The number of amides is 1. The van der Waals surface area contributed by atoms with Crippen LogP contribution in [0.1, 0.15) is 31.4 Å². The van der Waals surface area contributed by atoms with Crippen LogP contribution in [0.3, 0.4) is 0 Å². The molecule has 20 heavy (non-hydrogen) atoms. The molecule has 1 aliphatic heterocycles. The number of carbonyl (C=O) groups excluding carboxylic acids is 1. The van der Waals surface area contributed by atoms with Crippen LogP contribution in [0.25, 0.3) is 0 Å². The first-order chi connectivity index (χ1) is 9.08. The highest BCUT2D eigenvalue weighted by atomic mass is 35.5. The molecule has 1 aromatic carbocycles. The molecule has 2 N–H and O–H groups in total. The average Bonchev–Trinajstić information content (AvgIpc) is 2.39. The van der Waals surface area contributed by atoms with Crippen molar-refractivity contribution in [2.24, 2.45) is 5.92 Å². The van der Waals surface area contributed by atoms with Crippen LogP contribution in [0.4, 0.5) is 0 Å². The lowest BCUT2D eigenvalue weighted by Crippen LogP contribution is -2.41. The van der Waals surface area contributed by atoms with Gasteiger partial charge in [0.05, 0.1) is 12.0 Å². The molecular weight excluding hydrogens is 319 g/mol. The van der Waals surface area contributed by atoms with Crippen LogP contribution in [0.15, 0.2) is 18.2 Å². The van der Waals surface area contributed by atoms with Gasteiger partial charge in [-0.15, -0.1) is 12.4 Å². The van der Waals surface area contributed by atoms with Gasteiger partial charge in [0.15, 0.2) is 0 Å². The first-order valence-electron chi connectivity index (χ1n) is 6.54. The molecule has 2 rings (SSSR count). The van der Waals surface area contributed by atoms with Gasteiger partial charge in [-0.05, 0) is 44.0 Å². The molecule has 1 aromatic rings. The van der Waals surface area contributed by atoms with E-state index in [-0.39, 0.29) is 30.3 Å². The molecule has 1 amide bonds. The summed E-state index contributed by atoms with van der Waals surface area (Å²) in [5.74, 6) is 0.146. The summed E-state index contributed by atoms with van der Waals surface area (Å²) in [6.07, 6.45) is 1.99. The fourth-order valence-corrected chi connectivity index (χ4v) is 2.91. The summed E-state index contributed by atoms with van der Waals surface area (Å²) in [5.41, 5.74) is 0.892. The highest BCUT2D eigenvalue weighted by Gasteiger charge is 2.22. The zero-order valence-corrected chi connectivity index (χ0v) is 13.6. The van der Waals surface area contributed by atoms with Crippen LogP contribution >= 0.6 is 35.6 Å². The number of rotatable bonds is 3. The van der Waals surface area contributed by atoms with Crippen LogP contribution in [-0.2, 0) is 4.79 Å². The molecule has 1 fully saturated rings. The minimum atomic E-state index is -0.112. The van der Waals surface area contributed by atoms with E-state index in [1.807, 2.05) is 13.0 Å². The van der Waals surface area contributed by atoms with E-state index in [0.29, 0.717) is 10.0 Å². The Kier molecular flexibility index (Phi) is 7.10. The lowest BCUT2D eigenvalue weighted by Gasteiger charge is -2.24. The van der Waals surface area contributed by atoms with Crippen molar-refractivity contribution in [3.05, 3.63) is 33.8 Å². The van der Waals surface area contributed by atoms with E-state index < -0.39 is 0 Å². The minimum Gasteiger partial charge on any atom is -0.349 e. The van der Waals surface area contributed by atoms with Crippen molar-refractivity contribution in [1.29, 1.82) is 0 Å². The number of hydrogen-bond acceptors (Lipinski definition) is 2. The summed E-state index contributed by atoms with van der Waals surface area (Å²) in [7, 11) is 0. The maximum Gasteiger partial charge on any atom is 0.224 e. The Morgan fingerprint density at radius 1 is 1.45 bits per heavy atom. The van der Waals surface area contributed by atoms with Crippen molar-refractivity contribution in [3.8, 4) is 0 Å². The molecule has 3 nitrogen and oxygen atoms in total. The summed E-state index contributed by atoms with van der Waals surface area (Å²) in [6.45, 7) is 3.69. The van der Waals surface area contributed by atoms with Gasteiger partial charge in [0.1, 0.15) is 0 Å². The summed E-state index contributed by atoms with van der Waals surface area (Å²) in [4.78, 5) is 12.1. The largest absolute Gasteiger partial charge is 0.349 e. The highest BCUT2D eigenvalue weighted by molar-refractivity contribution is 6.35. The minimum absolute atomic E-state index is 0. The molecule has 0 aromatic heterocycles. The molecule has 6 heteroatoms. The fraction of sp³-hybridized carbons (Fsp3) is 0.500. The van der Waals surface area contributed by atoms with E-state index in [1.165, 1.54) is 0 Å². The predicted octanol–water partition coefficient (Wildman–Crippen LogP) is 3.59. The molecule has 1 unspecified atom stereocenters. The lowest BCUT2D eigenvalue weighted by molar-refractivity contribution is -0.126. The average molecular weight is 338 g/mol. The van der Waals surface area contributed by atoms with E-state index >= 15 is 0 Å². The zero-order valence-electron chi connectivity index (χ0n) is 11.3. The maximum absolute atomic E-state index is 12.1. The molecule has 0 bridgehead atoms. The summed E-state index contributed by atoms with van der Waals surface area (Å²) in [5, 5.41) is 7.45. The molecule has 0 radical (unpaired) electrons. The Bertz CT molecular complexity index is 462. The van der Waals surface area contributed by atoms with Crippen LogP contribution in [0.5, 0.6) is 0 Å². The third-order valence-electron chi connectivity index (χ3n) is 3.46. The van der Waals surface area contributed by atoms with Crippen LogP contribution in [0, 0.1) is 5.92 Å². The Balaban J connectivity index is 0.00000200. The van der Waals surface area contributed by atoms with E-state index in [2.05, 4.69) is 10.6 Å². The van der Waals surface area contributed by atoms with Crippen LogP contribution < -0.4 is 10.6 Å². The van der Waals surface area contributed by atoms with E-state index in [0.717, 1.165) is 31.5 Å². The molecule has 1 aliphatic rings. The number of nitrogens with one attached hydrogen (secondary N) is 2. The number of hydrogen-bond donors (Lipinski definition) is 2. The molecule has 0 saturated carbocycles. The molecule has 1 heterocycles. The van der Waals surface area contributed by atoms with Gasteiger partial charge >= 0.3 is 0 Å². The van der Waals surface area contributed by atoms with Crippen molar-refractivity contribution in [2.75, 3.05) is 13.1 Å². The monoisotopic (exact) mass is 336 g/mol. The topological polar surface area (TPSA) is 41.1 Å². The van der Waals surface area contributed by atoms with Crippen LogP contribution in [-0.4, -0.2) is 19.0 Å². The van der Waals surface area contributed by atoms with Gasteiger partial charge in [0.2, 0.25) is 5.91 Å². The van der Waals surface area contributed by atoms with Gasteiger partial charge in [-0.3, -0.25) is 4.79 Å². The standard InChI is InChI=1S/C14H18Cl2N2O.ClH/c1-9(12-5-4-11(15)7-13(12)16)18-14(19)10-3-2-6-17-8-10;/h4-5,7,9-10,17H,2-3,6,8H2,1H3,(H,18,19);1H/t9?,10-;/m1./s1. The first-order valence-corrected chi connectivity index (χ1v) is 7.29. The maximum atomic E-state index is 12.1. The first kappa shape index (κ1) is 17.6. The van der Waals surface area contributed by atoms with Crippen molar-refractivity contribution < 1.29 is 4.79 Å². The molecule has 2 atom stereocenters. The van der Waals surface area contributed by atoms with Gasteiger partial charge in [0.25, 0.3) is 0 Å². The second-order valence-electron chi connectivity index (χ2n) is 4.94. The molecule has 1 saturated heterocycles. The Morgan fingerprint density at radius 3 is 2.80 bits per heavy atom. The van der Waals surface area contributed by atoms with Gasteiger partial charge in [-0.25, -0.2) is 0 Å². The van der Waals surface area contributed by atoms with Crippen molar-refractivity contribution in [1.82, 2.24) is 10.6 Å². The van der Waals surface area contributed by atoms with Crippen molar-refractivity contribution >= 4 is 41.5 Å². The smallest absolute Gasteiger partial charge is 0.224 e. The van der Waals surface area contributed by atoms with Gasteiger partial charge in [0, 0.05) is 16.6 Å². The highest BCUT2D eigenvalue weighted by Crippen LogP contribution is 2.26. The summed E-state index contributed by atoms with van der Waals surface area (Å²) in [6, 6.07) is 5.23. The Labute approximate surface area is 135 Å². The zero-order chi connectivity index (χ0) is 13.8. The normalized spacial score (nSPS) is 19.9. The van der Waals surface area contributed by atoms with Gasteiger partial charge in [-0.2, -0.15) is 0 Å². The Morgan fingerprint density at radius 2 is 2.20 bits per heavy atom.